The van der Waals surface area contributed by atoms with Gasteiger partial charge in [0.15, 0.2) is 15.7 Å². The Labute approximate surface area is 262 Å². The van der Waals surface area contributed by atoms with Gasteiger partial charge in [-0.2, -0.15) is 0 Å². The summed E-state index contributed by atoms with van der Waals surface area (Å²) in [6.07, 6.45) is 3.62. The highest BCUT2D eigenvalue weighted by atomic mass is 32.2. The van der Waals surface area contributed by atoms with Crippen molar-refractivity contribution in [2.24, 2.45) is 5.92 Å². The molecule has 0 radical (unpaired) electrons. The molecule has 11 nitrogen and oxygen atoms in total. The van der Waals surface area contributed by atoms with Crippen LogP contribution in [0.2, 0.25) is 0 Å². The van der Waals surface area contributed by atoms with Crippen LogP contribution >= 0.6 is 0 Å². The molecule has 0 spiro atoms. The molecule has 0 bridgehead atoms. The molecule has 1 aromatic carbocycles. The number of carbonyl (C=O) groups excluding carboxylic acids is 1. The molecule has 0 atom stereocenters. The second-order valence-electron chi connectivity index (χ2n) is 12.3. The van der Waals surface area contributed by atoms with Crippen molar-refractivity contribution < 1.29 is 26.7 Å². The number of nitrogens with one attached hydrogen (secondary N) is 1. The number of halogens is 2. The van der Waals surface area contributed by atoms with E-state index in [1.54, 1.807) is 24.3 Å². The summed E-state index contributed by atoms with van der Waals surface area (Å²) in [5.74, 6) is 2.13. The SMILES string of the molecule is O=C(CN1CCS(=O)(=O)CC1)NC1CCC(CCCc2nc(N3CCOCC3)cc(-n3c(C(F)F)nc4ccccc43)n2)CC1. The van der Waals surface area contributed by atoms with Gasteiger partial charge in [0.1, 0.15) is 17.5 Å². The number of alkyl halides is 2. The van der Waals surface area contributed by atoms with Crippen molar-refractivity contribution in [3.05, 3.63) is 42.0 Å². The maximum Gasteiger partial charge on any atom is 0.296 e. The third-order valence-electron chi connectivity index (χ3n) is 9.12. The Morgan fingerprint density at radius 2 is 1.69 bits per heavy atom. The lowest BCUT2D eigenvalue weighted by atomic mass is 9.83. The average Bonchev–Trinajstić information content (AvgIpc) is 3.44. The summed E-state index contributed by atoms with van der Waals surface area (Å²) in [5, 5.41) is 3.15. The molecule has 1 aliphatic carbocycles. The van der Waals surface area contributed by atoms with Crippen LogP contribution in [0.25, 0.3) is 16.9 Å². The van der Waals surface area contributed by atoms with E-state index in [4.69, 9.17) is 14.7 Å². The van der Waals surface area contributed by atoms with Gasteiger partial charge >= 0.3 is 0 Å². The van der Waals surface area contributed by atoms with E-state index in [1.165, 1.54) is 4.57 Å². The van der Waals surface area contributed by atoms with Gasteiger partial charge in [0.05, 0.1) is 42.3 Å². The Morgan fingerprint density at radius 3 is 2.42 bits per heavy atom. The number of sulfone groups is 1. The molecule has 14 heteroatoms. The predicted molar refractivity (Wildman–Crippen MR) is 167 cm³/mol. The van der Waals surface area contributed by atoms with Crippen molar-refractivity contribution in [2.75, 3.05) is 62.3 Å². The molecule has 1 saturated carbocycles. The number of morpholine rings is 1. The maximum atomic E-state index is 14.1. The molecule has 45 heavy (non-hydrogen) atoms. The number of nitrogens with zero attached hydrogens (tertiary/aromatic N) is 6. The second kappa shape index (κ2) is 14.0. The number of imidazole rings is 1. The molecular weight excluding hydrogens is 604 g/mol. The number of aryl methyl sites for hydroxylation is 1. The molecule has 3 fully saturated rings. The molecule has 2 aliphatic heterocycles. The monoisotopic (exact) mass is 645 g/mol. The highest BCUT2D eigenvalue weighted by Gasteiger charge is 2.27. The second-order valence-corrected chi connectivity index (χ2v) is 14.6. The number of hydrogen-bond donors (Lipinski definition) is 1. The minimum atomic E-state index is -2.96. The Bertz CT molecular complexity index is 1570. The van der Waals surface area contributed by atoms with Crippen molar-refractivity contribution >= 4 is 32.6 Å². The maximum absolute atomic E-state index is 14.1. The van der Waals surface area contributed by atoms with Crippen LogP contribution in [0.1, 0.15) is 56.6 Å². The number of hydrogen-bond acceptors (Lipinski definition) is 9. The van der Waals surface area contributed by atoms with E-state index in [0.717, 1.165) is 38.5 Å². The van der Waals surface area contributed by atoms with E-state index in [-0.39, 0.29) is 35.8 Å². The summed E-state index contributed by atoms with van der Waals surface area (Å²) < 4.78 is 58.5. The highest BCUT2D eigenvalue weighted by Crippen LogP contribution is 2.30. The van der Waals surface area contributed by atoms with Crippen molar-refractivity contribution in [1.29, 1.82) is 0 Å². The van der Waals surface area contributed by atoms with Gasteiger partial charge < -0.3 is 15.0 Å². The Kier molecular flexibility index (Phi) is 9.90. The largest absolute Gasteiger partial charge is 0.378 e. The van der Waals surface area contributed by atoms with Gasteiger partial charge in [-0.05, 0) is 50.2 Å². The first-order valence-electron chi connectivity index (χ1n) is 15.9. The van der Waals surface area contributed by atoms with Gasteiger partial charge in [0.2, 0.25) is 5.91 Å². The molecule has 1 N–H and O–H groups in total. The predicted octanol–water partition coefficient (Wildman–Crippen LogP) is 3.32. The molecular formula is C31H41F2N7O4S. The van der Waals surface area contributed by atoms with Crippen LogP contribution in [0.15, 0.2) is 30.3 Å². The number of anilines is 1. The lowest BCUT2D eigenvalue weighted by molar-refractivity contribution is -0.123. The van der Waals surface area contributed by atoms with E-state index in [0.29, 0.717) is 80.2 Å². The molecule has 0 unspecified atom stereocenters. The van der Waals surface area contributed by atoms with E-state index in [9.17, 15) is 22.0 Å². The molecule has 3 aromatic rings. The first-order chi connectivity index (χ1) is 21.7. The van der Waals surface area contributed by atoms with Gasteiger partial charge in [0, 0.05) is 44.7 Å². The van der Waals surface area contributed by atoms with E-state index in [2.05, 4.69) is 15.2 Å². The van der Waals surface area contributed by atoms with E-state index >= 15 is 0 Å². The first-order valence-corrected chi connectivity index (χ1v) is 17.7. The summed E-state index contributed by atoms with van der Waals surface area (Å²) >= 11 is 0. The molecule has 244 valence electrons. The van der Waals surface area contributed by atoms with Crippen LogP contribution < -0.4 is 10.2 Å². The van der Waals surface area contributed by atoms with Gasteiger partial charge in [-0.25, -0.2) is 32.2 Å². The highest BCUT2D eigenvalue weighted by molar-refractivity contribution is 7.91. The summed E-state index contributed by atoms with van der Waals surface area (Å²) in [7, 11) is -2.96. The molecule has 3 aliphatic rings. The van der Waals surface area contributed by atoms with Crippen molar-refractivity contribution in [3.8, 4) is 5.82 Å². The van der Waals surface area contributed by atoms with E-state index < -0.39 is 16.3 Å². The Morgan fingerprint density at radius 1 is 0.978 bits per heavy atom. The minimum absolute atomic E-state index is 0.0356. The van der Waals surface area contributed by atoms with Crippen LogP contribution in [0.5, 0.6) is 0 Å². The quantitative estimate of drug-likeness (QED) is 0.354. The number of para-hydroxylation sites is 2. The number of rotatable bonds is 10. The summed E-state index contributed by atoms with van der Waals surface area (Å²) in [6, 6.07) is 9.02. The lowest BCUT2D eigenvalue weighted by Gasteiger charge is -2.31. The number of amides is 1. The number of carbonyl (C=O) groups is 1. The van der Waals surface area contributed by atoms with Gasteiger partial charge in [-0.3, -0.25) is 14.3 Å². The third kappa shape index (κ3) is 7.95. The number of benzene rings is 1. The van der Waals surface area contributed by atoms with Crippen molar-refractivity contribution in [2.45, 2.75) is 57.4 Å². The molecule has 4 heterocycles. The molecule has 2 aromatic heterocycles. The van der Waals surface area contributed by atoms with Crippen LogP contribution in [0.3, 0.4) is 0 Å². The van der Waals surface area contributed by atoms with Gasteiger partial charge in [0.25, 0.3) is 6.43 Å². The summed E-state index contributed by atoms with van der Waals surface area (Å²) in [5.41, 5.74) is 1.08. The number of fused-ring (bicyclic) bond motifs is 1. The van der Waals surface area contributed by atoms with E-state index in [1.807, 2.05) is 11.0 Å². The lowest BCUT2D eigenvalue weighted by Crippen LogP contribution is -2.47. The average molecular weight is 646 g/mol. The zero-order chi connectivity index (χ0) is 31.4. The van der Waals surface area contributed by atoms with Crippen LogP contribution in [-0.4, -0.2) is 102 Å². The van der Waals surface area contributed by atoms with Crippen molar-refractivity contribution in [3.63, 3.8) is 0 Å². The zero-order valence-electron chi connectivity index (χ0n) is 25.4. The van der Waals surface area contributed by atoms with Gasteiger partial charge in [-0.15, -0.1) is 0 Å². The Balaban J connectivity index is 1.07. The van der Waals surface area contributed by atoms with Crippen LogP contribution in [0, 0.1) is 5.92 Å². The van der Waals surface area contributed by atoms with Gasteiger partial charge in [-0.1, -0.05) is 18.6 Å². The first kappa shape index (κ1) is 31.7. The molecule has 1 amide bonds. The van der Waals surface area contributed by atoms with Crippen LogP contribution in [0.4, 0.5) is 14.6 Å². The normalized spacial score (nSPS) is 22.6. The zero-order valence-corrected chi connectivity index (χ0v) is 26.2. The standard InChI is InChI=1S/C31H41F2N7O4S/c32-30(33)31-35-24-5-1-2-6-25(24)40(31)28-20-27(39-12-16-44-17-13-39)36-26(37-28)7-3-4-22-8-10-23(11-9-22)34-29(41)21-38-14-18-45(42,43)19-15-38/h1-2,5-6,20,22-23,30H,3-4,7-19,21H2,(H,34,41). The smallest absolute Gasteiger partial charge is 0.296 e. The fourth-order valence-electron chi connectivity index (χ4n) is 6.61. The molecule has 2 saturated heterocycles. The van der Waals surface area contributed by atoms with Crippen molar-refractivity contribution in [1.82, 2.24) is 29.7 Å². The Hall–Kier alpha value is -3.23. The third-order valence-corrected chi connectivity index (χ3v) is 10.7. The number of ether oxygens (including phenoxy) is 1. The van der Waals surface area contributed by atoms with Crippen LogP contribution in [-0.2, 0) is 25.8 Å². The minimum Gasteiger partial charge on any atom is -0.378 e. The topological polar surface area (TPSA) is 123 Å². The summed E-state index contributed by atoms with van der Waals surface area (Å²) in [6.45, 7) is 3.57. The fraction of sp³-hybridized carbons (Fsp3) is 0.613. The summed E-state index contributed by atoms with van der Waals surface area (Å²) in [4.78, 5) is 30.4. The number of aromatic nitrogens is 4. The molecule has 6 rings (SSSR count). The fourth-order valence-corrected chi connectivity index (χ4v) is 7.89.